The molecule has 3 N–H and O–H groups in total. The van der Waals surface area contributed by atoms with E-state index in [1.807, 2.05) is 18.2 Å². The largest absolute Gasteiger partial charge is 0.397 e. The Hall–Kier alpha value is -1.77. The second-order valence-electron chi connectivity index (χ2n) is 4.38. The molecule has 2 aromatic rings. The number of aryl methyl sites for hydroxylation is 1. The number of hydrogen-bond acceptors (Lipinski definition) is 2. The molecule has 0 amide bonds. The Morgan fingerprint density at radius 3 is 2.88 bits per heavy atom. The molecular formula is C13H14N2O. The Bertz CT molecular complexity index is 569. The molecule has 1 aromatic carbocycles. The topological polar surface area (TPSA) is 58.9 Å². The second kappa shape index (κ2) is 3.37. The van der Waals surface area contributed by atoms with E-state index < -0.39 is 0 Å². The maximum absolute atomic E-state index is 11.9. The van der Waals surface area contributed by atoms with Gasteiger partial charge in [-0.3, -0.25) is 4.79 Å². The zero-order chi connectivity index (χ0) is 11.1. The van der Waals surface area contributed by atoms with Crippen molar-refractivity contribution >= 4 is 22.4 Å². The lowest BCUT2D eigenvalue weighted by molar-refractivity contribution is 0.0978. The molecule has 3 rings (SSSR count). The van der Waals surface area contributed by atoms with Gasteiger partial charge in [0.25, 0.3) is 0 Å². The number of aromatic nitrogens is 1. The predicted octanol–water partition coefficient (Wildman–Crippen LogP) is 2.66. The number of aromatic amines is 1. The van der Waals surface area contributed by atoms with Crippen LogP contribution in [-0.4, -0.2) is 10.8 Å². The van der Waals surface area contributed by atoms with E-state index in [0.717, 1.165) is 47.1 Å². The molecular weight excluding hydrogens is 200 g/mol. The van der Waals surface area contributed by atoms with Crippen molar-refractivity contribution in [2.24, 2.45) is 0 Å². The van der Waals surface area contributed by atoms with Crippen molar-refractivity contribution in [2.75, 3.05) is 5.73 Å². The van der Waals surface area contributed by atoms with Gasteiger partial charge in [-0.1, -0.05) is 12.1 Å². The first-order valence-corrected chi connectivity index (χ1v) is 5.69. The van der Waals surface area contributed by atoms with Gasteiger partial charge >= 0.3 is 0 Å². The molecule has 1 aromatic heterocycles. The van der Waals surface area contributed by atoms with E-state index in [0.29, 0.717) is 6.42 Å². The van der Waals surface area contributed by atoms with Gasteiger partial charge in [-0.15, -0.1) is 0 Å². The van der Waals surface area contributed by atoms with Crippen molar-refractivity contribution in [3.05, 3.63) is 29.5 Å². The van der Waals surface area contributed by atoms with Gasteiger partial charge in [0.15, 0.2) is 5.78 Å². The molecule has 0 atom stereocenters. The van der Waals surface area contributed by atoms with Crippen molar-refractivity contribution in [3.8, 4) is 0 Å². The highest BCUT2D eigenvalue weighted by Crippen LogP contribution is 2.30. The number of ketones is 1. The zero-order valence-corrected chi connectivity index (χ0v) is 9.05. The standard InChI is InChI=1S/C13H14N2O/c14-10-6-3-5-8-9-4-1-2-7-11(16)13(9)15-12(8)10/h3,5-6,15H,1-2,4,7,14H2. The molecule has 0 radical (unpaired) electrons. The minimum atomic E-state index is 0.225. The van der Waals surface area contributed by atoms with Gasteiger partial charge in [0.2, 0.25) is 0 Å². The van der Waals surface area contributed by atoms with Crippen LogP contribution in [-0.2, 0) is 6.42 Å². The van der Waals surface area contributed by atoms with Crippen molar-refractivity contribution in [1.29, 1.82) is 0 Å². The van der Waals surface area contributed by atoms with Gasteiger partial charge in [0.1, 0.15) is 0 Å². The summed E-state index contributed by atoms with van der Waals surface area (Å²) in [6.45, 7) is 0. The molecule has 1 aliphatic rings. The van der Waals surface area contributed by atoms with Crippen molar-refractivity contribution in [2.45, 2.75) is 25.7 Å². The number of Topliss-reactive ketones (excluding diaryl/α,β-unsaturated/α-hetero) is 1. The number of benzene rings is 1. The number of hydrogen-bond donors (Lipinski definition) is 2. The first-order valence-electron chi connectivity index (χ1n) is 5.69. The molecule has 0 spiro atoms. The van der Waals surface area contributed by atoms with Crippen LogP contribution in [0, 0.1) is 0 Å². The Morgan fingerprint density at radius 1 is 1.19 bits per heavy atom. The number of H-pyrrole nitrogens is 1. The summed E-state index contributed by atoms with van der Waals surface area (Å²) >= 11 is 0. The number of fused-ring (bicyclic) bond motifs is 3. The molecule has 0 aliphatic heterocycles. The molecule has 82 valence electrons. The van der Waals surface area contributed by atoms with Crippen LogP contribution in [0.25, 0.3) is 10.9 Å². The van der Waals surface area contributed by atoms with E-state index in [9.17, 15) is 4.79 Å². The predicted molar refractivity (Wildman–Crippen MR) is 64.6 cm³/mol. The minimum absolute atomic E-state index is 0.225. The third-order valence-corrected chi connectivity index (χ3v) is 3.33. The van der Waals surface area contributed by atoms with E-state index in [1.165, 1.54) is 0 Å². The summed E-state index contributed by atoms with van der Waals surface area (Å²) in [5.41, 5.74) is 9.49. The fourth-order valence-electron chi connectivity index (χ4n) is 2.51. The number of anilines is 1. The molecule has 0 fully saturated rings. The number of nitrogen functional groups attached to an aromatic ring is 1. The lowest BCUT2D eigenvalue weighted by Gasteiger charge is -1.98. The summed E-state index contributed by atoms with van der Waals surface area (Å²) in [5, 5.41) is 1.12. The first kappa shape index (κ1) is 9.46. The Labute approximate surface area is 93.6 Å². The Kier molecular flexibility index (Phi) is 1.99. The second-order valence-corrected chi connectivity index (χ2v) is 4.38. The lowest BCUT2D eigenvalue weighted by atomic mass is 10.1. The summed E-state index contributed by atoms with van der Waals surface area (Å²) in [4.78, 5) is 15.1. The average molecular weight is 214 g/mol. The quantitative estimate of drug-likeness (QED) is 0.523. The van der Waals surface area contributed by atoms with E-state index in [-0.39, 0.29) is 5.78 Å². The number of para-hydroxylation sites is 1. The number of rotatable bonds is 0. The van der Waals surface area contributed by atoms with Crippen LogP contribution in [0.15, 0.2) is 18.2 Å². The zero-order valence-electron chi connectivity index (χ0n) is 9.05. The highest BCUT2D eigenvalue weighted by molar-refractivity contribution is 6.05. The Morgan fingerprint density at radius 2 is 2.00 bits per heavy atom. The minimum Gasteiger partial charge on any atom is -0.397 e. The molecule has 16 heavy (non-hydrogen) atoms. The van der Waals surface area contributed by atoms with E-state index in [4.69, 9.17) is 5.73 Å². The molecule has 1 heterocycles. The summed E-state index contributed by atoms with van der Waals surface area (Å²) < 4.78 is 0. The van der Waals surface area contributed by atoms with Gasteiger partial charge in [-0.2, -0.15) is 0 Å². The van der Waals surface area contributed by atoms with Gasteiger partial charge in [-0.05, 0) is 30.9 Å². The van der Waals surface area contributed by atoms with Crippen molar-refractivity contribution in [3.63, 3.8) is 0 Å². The average Bonchev–Trinajstić information content (AvgIpc) is 2.55. The van der Waals surface area contributed by atoms with Crippen LogP contribution >= 0.6 is 0 Å². The van der Waals surface area contributed by atoms with Crippen LogP contribution in [0.5, 0.6) is 0 Å². The third kappa shape index (κ3) is 1.24. The molecule has 3 nitrogen and oxygen atoms in total. The molecule has 3 heteroatoms. The van der Waals surface area contributed by atoms with Gasteiger partial charge < -0.3 is 10.7 Å². The highest BCUT2D eigenvalue weighted by atomic mass is 16.1. The summed E-state index contributed by atoms with van der Waals surface area (Å²) in [7, 11) is 0. The van der Waals surface area contributed by atoms with Crippen LogP contribution in [0.4, 0.5) is 5.69 Å². The Balaban J connectivity index is 2.33. The molecule has 0 unspecified atom stereocenters. The van der Waals surface area contributed by atoms with Gasteiger partial charge in [0, 0.05) is 11.8 Å². The van der Waals surface area contributed by atoms with Crippen LogP contribution < -0.4 is 5.73 Å². The SMILES string of the molecule is Nc1cccc2c3c([nH]c12)C(=O)CCCC3. The number of nitrogens with one attached hydrogen (secondary N) is 1. The summed E-state index contributed by atoms with van der Waals surface area (Å²) in [5.74, 6) is 0.225. The lowest BCUT2D eigenvalue weighted by Crippen LogP contribution is -1.98. The monoisotopic (exact) mass is 214 g/mol. The van der Waals surface area contributed by atoms with Crippen molar-refractivity contribution < 1.29 is 4.79 Å². The molecule has 0 bridgehead atoms. The maximum atomic E-state index is 11.9. The number of carbonyl (C=O) groups excluding carboxylic acids is 1. The fraction of sp³-hybridized carbons (Fsp3) is 0.308. The van der Waals surface area contributed by atoms with Gasteiger partial charge in [-0.25, -0.2) is 0 Å². The van der Waals surface area contributed by atoms with E-state index in [2.05, 4.69) is 4.98 Å². The maximum Gasteiger partial charge on any atom is 0.179 e. The van der Waals surface area contributed by atoms with E-state index in [1.54, 1.807) is 0 Å². The third-order valence-electron chi connectivity index (χ3n) is 3.33. The van der Waals surface area contributed by atoms with E-state index >= 15 is 0 Å². The smallest absolute Gasteiger partial charge is 0.179 e. The number of carbonyl (C=O) groups is 1. The van der Waals surface area contributed by atoms with Crippen LogP contribution in [0.3, 0.4) is 0 Å². The molecule has 1 aliphatic carbocycles. The molecule has 0 saturated heterocycles. The first-order chi connectivity index (χ1) is 7.77. The van der Waals surface area contributed by atoms with Gasteiger partial charge in [0.05, 0.1) is 16.9 Å². The van der Waals surface area contributed by atoms with Crippen molar-refractivity contribution in [1.82, 2.24) is 4.98 Å². The fourth-order valence-corrected chi connectivity index (χ4v) is 2.51. The number of nitrogens with two attached hydrogens (primary N) is 1. The van der Waals surface area contributed by atoms with Crippen LogP contribution in [0.1, 0.15) is 35.3 Å². The molecule has 0 saturated carbocycles. The normalized spacial score (nSPS) is 16.1. The summed E-state index contributed by atoms with van der Waals surface area (Å²) in [6.07, 6.45) is 3.70. The van der Waals surface area contributed by atoms with Crippen LogP contribution in [0.2, 0.25) is 0 Å². The summed E-state index contributed by atoms with van der Waals surface area (Å²) in [6, 6.07) is 5.85. The highest BCUT2D eigenvalue weighted by Gasteiger charge is 2.20.